The lowest BCUT2D eigenvalue weighted by atomic mass is 10.0. The lowest BCUT2D eigenvalue weighted by molar-refractivity contribution is 0.0555. The molecule has 0 heterocycles. The Labute approximate surface area is 104 Å². The summed E-state index contributed by atoms with van der Waals surface area (Å²) in [6.45, 7) is 7.77. The second-order valence-corrected chi connectivity index (χ2v) is 4.49. The van der Waals surface area contributed by atoms with Crippen LogP contribution < -0.4 is 10.1 Å². The molecule has 0 amide bonds. The van der Waals surface area contributed by atoms with Gasteiger partial charge in [0.25, 0.3) is 0 Å². The number of hydrogen-bond donors (Lipinski definition) is 2. The molecule has 0 spiro atoms. The molecule has 0 saturated carbocycles. The second-order valence-electron chi connectivity index (χ2n) is 4.49. The van der Waals surface area contributed by atoms with E-state index in [0.717, 1.165) is 17.7 Å². The van der Waals surface area contributed by atoms with Gasteiger partial charge in [0, 0.05) is 18.7 Å². The third-order valence-corrected chi connectivity index (χ3v) is 2.86. The first kappa shape index (κ1) is 14.0. The van der Waals surface area contributed by atoms with Gasteiger partial charge in [0.15, 0.2) is 0 Å². The molecule has 96 valence electrons. The van der Waals surface area contributed by atoms with Crippen LogP contribution >= 0.6 is 0 Å². The largest absolute Gasteiger partial charge is 0.494 e. The van der Waals surface area contributed by atoms with Gasteiger partial charge in [-0.05, 0) is 26.3 Å². The molecular weight excluding hydrogens is 214 g/mol. The summed E-state index contributed by atoms with van der Waals surface area (Å²) in [4.78, 5) is 0. The third kappa shape index (κ3) is 4.75. The Morgan fingerprint density at radius 2 is 2.00 bits per heavy atom. The SMILES string of the molecule is CCOc1ccccc1CNCC(C)(O)CC. The van der Waals surface area contributed by atoms with Crippen molar-refractivity contribution in [1.29, 1.82) is 0 Å². The molecule has 1 atom stereocenters. The fourth-order valence-electron chi connectivity index (χ4n) is 1.54. The lowest BCUT2D eigenvalue weighted by Crippen LogP contribution is -2.36. The Balaban J connectivity index is 2.51. The number of hydrogen-bond acceptors (Lipinski definition) is 3. The summed E-state index contributed by atoms with van der Waals surface area (Å²) in [5.74, 6) is 0.915. The van der Waals surface area contributed by atoms with Gasteiger partial charge in [0.1, 0.15) is 5.75 Å². The maximum absolute atomic E-state index is 9.88. The average Bonchev–Trinajstić information content (AvgIpc) is 2.31. The van der Waals surface area contributed by atoms with Crippen LogP contribution in [0.5, 0.6) is 5.75 Å². The van der Waals surface area contributed by atoms with Crippen molar-refractivity contribution in [3.8, 4) is 5.75 Å². The summed E-state index contributed by atoms with van der Waals surface area (Å²) >= 11 is 0. The van der Waals surface area contributed by atoms with E-state index in [1.54, 1.807) is 0 Å². The van der Waals surface area contributed by atoms with Gasteiger partial charge >= 0.3 is 0 Å². The molecule has 0 fully saturated rings. The number of para-hydroxylation sites is 1. The summed E-state index contributed by atoms with van der Waals surface area (Å²) in [5.41, 5.74) is 0.488. The topological polar surface area (TPSA) is 41.5 Å². The summed E-state index contributed by atoms with van der Waals surface area (Å²) in [7, 11) is 0. The number of aliphatic hydroxyl groups is 1. The van der Waals surface area contributed by atoms with Crippen molar-refractivity contribution in [2.75, 3.05) is 13.2 Å². The van der Waals surface area contributed by atoms with Gasteiger partial charge in [-0.1, -0.05) is 25.1 Å². The third-order valence-electron chi connectivity index (χ3n) is 2.86. The predicted octanol–water partition coefficient (Wildman–Crippen LogP) is 2.34. The van der Waals surface area contributed by atoms with Crippen molar-refractivity contribution in [2.24, 2.45) is 0 Å². The zero-order chi connectivity index (χ0) is 12.7. The minimum absolute atomic E-state index is 0.587. The smallest absolute Gasteiger partial charge is 0.123 e. The van der Waals surface area contributed by atoms with Gasteiger partial charge in [0.2, 0.25) is 0 Å². The predicted molar refractivity (Wildman–Crippen MR) is 70.2 cm³/mol. The van der Waals surface area contributed by atoms with Crippen molar-refractivity contribution < 1.29 is 9.84 Å². The molecule has 0 aliphatic heterocycles. The number of ether oxygens (including phenoxy) is 1. The molecule has 0 aliphatic rings. The van der Waals surface area contributed by atoms with Crippen LogP contribution in [0.15, 0.2) is 24.3 Å². The van der Waals surface area contributed by atoms with Gasteiger partial charge in [-0.3, -0.25) is 0 Å². The van der Waals surface area contributed by atoms with Crippen LogP contribution in [-0.2, 0) is 6.54 Å². The van der Waals surface area contributed by atoms with E-state index in [4.69, 9.17) is 4.74 Å². The van der Waals surface area contributed by atoms with E-state index in [1.165, 1.54) is 0 Å². The van der Waals surface area contributed by atoms with Crippen LogP contribution in [-0.4, -0.2) is 23.9 Å². The monoisotopic (exact) mass is 237 g/mol. The highest BCUT2D eigenvalue weighted by atomic mass is 16.5. The van der Waals surface area contributed by atoms with E-state index < -0.39 is 5.60 Å². The Bertz CT molecular complexity index is 337. The van der Waals surface area contributed by atoms with Crippen molar-refractivity contribution in [2.45, 2.75) is 39.3 Å². The first-order valence-electron chi connectivity index (χ1n) is 6.23. The van der Waals surface area contributed by atoms with Gasteiger partial charge in [-0.15, -0.1) is 0 Å². The highest BCUT2D eigenvalue weighted by Gasteiger charge is 2.16. The molecule has 3 heteroatoms. The molecule has 1 unspecified atom stereocenters. The fourth-order valence-corrected chi connectivity index (χ4v) is 1.54. The molecule has 2 N–H and O–H groups in total. The van der Waals surface area contributed by atoms with Gasteiger partial charge in [-0.2, -0.15) is 0 Å². The van der Waals surface area contributed by atoms with Crippen LogP contribution in [0.1, 0.15) is 32.8 Å². The molecule has 0 saturated heterocycles. The van der Waals surface area contributed by atoms with Gasteiger partial charge < -0.3 is 15.2 Å². The Kier molecular flexibility index (Phi) is 5.45. The number of rotatable bonds is 7. The van der Waals surface area contributed by atoms with Gasteiger partial charge in [-0.25, -0.2) is 0 Å². The minimum atomic E-state index is -0.638. The first-order valence-corrected chi connectivity index (χ1v) is 6.23. The van der Waals surface area contributed by atoms with Crippen molar-refractivity contribution >= 4 is 0 Å². The van der Waals surface area contributed by atoms with E-state index in [-0.39, 0.29) is 0 Å². The maximum atomic E-state index is 9.88. The van der Waals surface area contributed by atoms with Crippen LogP contribution in [0.3, 0.4) is 0 Å². The molecule has 17 heavy (non-hydrogen) atoms. The standard InChI is InChI=1S/C14H23NO2/c1-4-14(3,16)11-15-10-12-8-6-7-9-13(12)17-5-2/h6-9,15-16H,4-5,10-11H2,1-3H3. The summed E-state index contributed by atoms with van der Waals surface area (Å²) in [6.07, 6.45) is 0.743. The molecule has 0 radical (unpaired) electrons. The zero-order valence-corrected chi connectivity index (χ0v) is 11.0. The quantitative estimate of drug-likeness (QED) is 0.765. The lowest BCUT2D eigenvalue weighted by Gasteiger charge is -2.22. The molecule has 0 aromatic heterocycles. The van der Waals surface area contributed by atoms with Crippen molar-refractivity contribution in [3.63, 3.8) is 0 Å². The van der Waals surface area contributed by atoms with Crippen LogP contribution in [0.4, 0.5) is 0 Å². The summed E-state index contributed by atoms with van der Waals surface area (Å²) in [5, 5.41) is 13.1. The maximum Gasteiger partial charge on any atom is 0.123 e. The Morgan fingerprint density at radius 1 is 1.29 bits per heavy atom. The van der Waals surface area contributed by atoms with Gasteiger partial charge in [0.05, 0.1) is 12.2 Å². The van der Waals surface area contributed by atoms with Crippen molar-refractivity contribution in [1.82, 2.24) is 5.32 Å². The Morgan fingerprint density at radius 3 is 2.65 bits per heavy atom. The zero-order valence-electron chi connectivity index (χ0n) is 11.0. The van der Waals surface area contributed by atoms with Crippen LogP contribution in [0, 0.1) is 0 Å². The fraction of sp³-hybridized carbons (Fsp3) is 0.571. The molecular formula is C14H23NO2. The second kappa shape index (κ2) is 6.62. The molecule has 0 bridgehead atoms. The van der Waals surface area contributed by atoms with Crippen LogP contribution in [0.25, 0.3) is 0 Å². The number of nitrogens with one attached hydrogen (secondary N) is 1. The van der Waals surface area contributed by atoms with Crippen LogP contribution in [0.2, 0.25) is 0 Å². The van der Waals surface area contributed by atoms with E-state index in [0.29, 0.717) is 19.7 Å². The molecule has 1 rings (SSSR count). The van der Waals surface area contributed by atoms with E-state index in [1.807, 2.05) is 45.0 Å². The summed E-state index contributed by atoms with van der Waals surface area (Å²) < 4.78 is 5.54. The highest BCUT2D eigenvalue weighted by Crippen LogP contribution is 2.17. The highest BCUT2D eigenvalue weighted by molar-refractivity contribution is 5.33. The van der Waals surface area contributed by atoms with E-state index >= 15 is 0 Å². The van der Waals surface area contributed by atoms with E-state index in [2.05, 4.69) is 5.32 Å². The average molecular weight is 237 g/mol. The molecule has 3 nitrogen and oxygen atoms in total. The summed E-state index contributed by atoms with van der Waals surface area (Å²) in [6, 6.07) is 7.98. The molecule has 1 aromatic rings. The molecule has 0 aliphatic carbocycles. The van der Waals surface area contributed by atoms with E-state index in [9.17, 15) is 5.11 Å². The first-order chi connectivity index (χ1) is 8.09. The normalized spacial score (nSPS) is 14.4. The Hall–Kier alpha value is -1.06. The van der Waals surface area contributed by atoms with Crippen molar-refractivity contribution in [3.05, 3.63) is 29.8 Å². The number of benzene rings is 1. The molecule has 1 aromatic carbocycles. The minimum Gasteiger partial charge on any atom is -0.494 e.